The van der Waals surface area contributed by atoms with Gasteiger partial charge in [-0.15, -0.1) is 0 Å². The fourth-order valence-corrected chi connectivity index (χ4v) is 6.50. The van der Waals surface area contributed by atoms with Crippen LogP contribution in [0.2, 0.25) is 0 Å². The lowest BCUT2D eigenvalue weighted by Gasteiger charge is -2.24. The highest BCUT2D eigenvalue weighted by molar-refractivity contribution is 7.03. The van der Waals surface area contributed by atoms with Gasteiger partial charge in [0.25, 0.3) is 5.56 Å². The Balaban J connectivity index is 1.21. The maximum atomic E-state index is 14.2. The summed E-state index contributed by atoms with van der Waals surface area (Å²) in [5, 5.41) is 9.46. The number of ether oxygens (including phenoxy) is 2. The minimum atomic E-state index is -0.103. The summed E-state index contributed by atoms with van der Waals surface area (Å²) in [6, 6.07) is 11.8. The monoisotopic (exact) mass is 609 g/mol. The number of piperidine rings is 1. The first-order valence-electron chi connectivity index (χ1n) is 15.2. The number of hydrogen-bond acceptors (Lipinski definition) is 10. The highest BCUT2D eigenvalue weighted by Crippen LogP contribution is 2.28. The van der Waals surface area contributed by atoms with E-state index in [4.69, 9.17) is 19.4 Å². The summed E-state index contributed by atoms with van der Waals surface area (Å²) in [5.74, 6) is 1.60. The third kappa shape index (κ3) is 6.21. The Morgan fingerprint density at radius 2 is 1.84 bits per heavy atom. The molecular formula is C33H35N7O3S. The molecule has 0 spiro atoms. The van der Waals surface area contributed by atoms with Gasteiger partial charge in [-0.25, -0.2) is 9.36 Å². The second-order valence-electron chi connectivity index (χ2n) is 11.5. The number of hydrogen-bond donors (Lipinski definition) is 2. The van der Waals surface area contributed by atoms with Crippen molar-refractivity contribution in [1.82, 2.24) is 29.2 Å². The van der Waals surface area contributed by atoms with Crippen molar-refractivity contribution in [3.8, 4) is 28.1 Å². The maximum absolute atomic E-state index is 14.2. The summed E-state index contributed by atoms with van der Waals surface area (Å²) in [7, 11) is 0. The summed E-state index contributed by atoms with van der Waals surface area (Å²) in [4.78, 5) is 28.4. The molecule has 2 fully saturated rings. The molecule has 6 heterocycles. The van der Waals surface area contributed by atoms with Gasteiger partial charge >= 0.3 is 0 Å². The number of nitrogens with one attached hydrogen (secondary N) is 2. The van der Waals surface area contributed by atoms with E-state index in [-0.39, 0.29) is 11.7 Å². The van der Waals surface area contributed by atoms with E-state index in [9.17, 15) is 4.79 Å². The van der Waals surface area contributed by atoms with E-state index in [0.717, 1.165) is 72.3 Å². The minimum absolute atomic E-state index is 0.103. The molecule has 2 N–H and O–H groups in total. The molecule has 0 bridgehead atoms. The molecule has 0 amide bonds. The predicted octanol–water partition coefficient (Wildman–Crippen LogP) is 5.59. The molecule has 1 aromatic carbocycles. The fourth-order valence-electron chi connectivity index (χ4n) is 5.96. The third-order valence-corrected chi connectivity index (χ3v) is 8.99. The lowest BCUT2D eigenvalue weighted by atomic mass is 9.99. The second-order valence-corrected chi connectivity index (χ2v) is 12.2. The van der Waals surface area contributed by atoms with E-state index < -0.39 is 0 Å². The van der Waals surface area contributed by atoms with E-state index in [0.29, 0.717) is 48.5 Å². The molecule has 2 aliphatic heterocycles. The largest absolute Gasteiger partial charge is 0.490 e. The van der Waals surface area contributed by atoms with Crippen molar-refractivity contribution in [3.05, 3.63) is 76.3 Å². The Morgan fingerprint density at radius 1 is 1.02 bits per heavy atom. The average Bonchev–Trinajstić information content (AvgIpc) is 3.60. The number of benzene rings is 1. The first-order chi connectivity index (χ1) is 21.6. The molecule has 2 saturated heterocycles. The molecule has 11 heteroatoms. The van der Waals surface area contributed by atoms with Gasteiger partial charge in [-0.3, -0.25) is 14.3 Å². The maximum Gasteiger partial charge on any atom is 0.261 e. The fraction of sp³-hybridized carbons (Fsp3) is 0.364. The van der Waals surface area contributed by atoms with Gasteiger partial charge in [-0.1, -0.05) is 0 Å². The van der Waals surface area contributed by atoms with Crippen molar-refractivity contribution in [2.75, 3.05) is 31.6 Å². The molecule has 0 radical (unpaired) electrons. The lowest BCUT2D eigenvalue weighted by molar-refractivity contribution is 0.0613. The van der Waals surface area contributed by atoms with Crippen LogP contribution in [0.25, 0.3) is 33.4 Å². The van der Waals surface area contributed by atoms with E-state index >= 15 is 0 Å². The van der Waals surface area contributed by atoms with E-state index in [2.05, 4.69) is 26.1 Å². The van der Waals surface area contributed by atoms with Crippen LogP contribution in [0.3, 0.4) is 0 Å². The first-order valence-corrected chi connectivity index (χ1v) is 16.0. The Labute approximate surface area is 259 Å². The number of fused-ring (bicyclic) bond motifs is 1. The molecular weight excluding hydrogens is 574 g/mol. The highest BCUT2D eigenvalue weighted by Gasteiger charge is 2.21. The van der Waals surface area contributed by atoms with Crippen molar-refractivity contribution in [2.45, 2.75) is 45.3 Å². The van der Waals surface area contributed by atoms with E-state index in [1.54, 1.807) is 10.8 Å². The van der Waals surface area contributed by atoms with Crippen LogP contribution in [-0.4, -0.2) is 56.3 Å². The van der Waals surface area contributed by atoms with Gasteiger partial charge in [-0.2, -0.15) is 4.98 Å². The quantitative estimate of drug-likeness (QED) is 0.232. The molecule has 226 valence electrons. The van der Waals surface area contributed by atoms with Crippen LogP contribution in [0.4, 0.5) is 11.6 Å². The molecule has 7 rings (SSSR count). The van der Waals surface area contributed by atoms with Crippen LogP contribution in [0.5, 0.6) is 5.75 Å². The van der Waals surface area contributed by atoms with Gasteiger partial charge in [0, 0.05) is 65.9 Å². The number of nitrogens with zero attached hydrogens (tertiary/aromatic N) is 5. The molecule has 0 atom stereocenters. The number of anilines is 2. The minimum Gasteiger partial charge on any atom is -0.490 e. The first kappa shape index (κ1) is 28.6. The van der Waals surface area contributed by atoms with Crippen molar-refractivity contribution in [1.29, 1.82) is 0 Å². The zero-order valence-corrected chi connectivity index (χ0v) is 25.5. The summed E-state index contributed by atoms with van der Waals surface area (Å²) in [5.41, 5.74) is 5.48. The zero-order valence-electron chi connectivity index (χ0n) is 24.7. The highest BCUT2D eigenvalue weighted by atomic mass is 32.1. The Kier molecular flexibility index (Phi) is 8.32. The molecule has 0 saturated carbocycles. The van der Waals surface area contributed by atoms with Crippen molar-refractivity contribution < 1.29 is 9.47 Å². The van der Waals surface area contributed by atoms with Gasteiger partial charge in [-0.05, 0) is 105 Å². The van der Waals surface area contributed by atoms with Crippen molar-refractivity contribution >= 4 is 34.2 Å². The average molecular weight is 610 g/mol. The third-order valence-electron chi connectivity index (χ3n) is 8.41. The predicted molar refractivity (Wildman–Crippen MR) is 173 cm³/mol. The SMILES string of the molecule is Cc1cc(-c2cnsc2)cnc1-c1cc2cnc(Nc3ccc(OC4CCNCC4)cc3)nc2n(CC2CCOCC2)c1=O. The van der Waals surface area contributed by atoms with Crippen LogP contribution < -0.4 is 20.9 Å². The Morgan fingerprint density at radius 3 is 2.59 bits per heavy atom. The van der Waals surface area contributed by atoms with Gasteiger partial charge in [0.1, 0.15) is 17.5 Å². The van der Waals surface area contributed by atoms with E-state index in [1.807, 2.05) is 55.0 Å². The number of aryl methyl sites for hydroxylation is 1. The van der Waals surface area contributed by atoms with Crippen molar-refractivity contribution in [2.24, 2.45) is 5.92 Å². The lowest BCUT2D eigenvalue weighted by Crippen LogP contribution is -2.34. The molecule has 0 unspecified atom stereocenters. The Bertz CT molecular complexity index is 1800. The molecule has 10 nitrogen and oxygen atoms in total. The summed E-state index contributed by atoms with van der Waals surface area (Å²) in [6.45, 7) is 5.93. The number of pyridine rings is 2. The zero-order chi connectivity index (χ0) is 29.9. The van der Waals surface area contributed by atoms with Crippen LogP contribution in [0.15, 0.2) is 65.2 Å². The van der Waals surface area contributed by atoms with Crippen LogP contribution in [0.1, 0.15) is 31.2 Å². The van der Waals surface area contributed by atoms with Gasteiger partial charge in [0.05, 0.1) is 11.3 Å². The van der Waals surface area contributed by atoms with Gasteiger partial charge in [0.2, 0.25) is 5.95 Å². The van der Waals surface area contributed by atoms with Gasteiger partial charge in [0.15, 0.2) is 0 Å². The summed E-state index contributed by atoms with van der Waals surface area (Å²) in [6.07, 6.45) is 9.49. The molecule has 5 aromatic rings. The molecule has 0 aliphatic carbocycles. The van der Waals surface area contributed by atoms with E-state index in [1.165, 1.54) is 11.5 Å². The van der Waals surface area contributed by atoms with Crippen LogP contribution in [-0.2, 0) is 11.3 Å². The summed E-state index contributed by atoms with van der Waals surface area (Å²) < 4.78 is 17.8. The molecule has 4 aromatic heterocycles. The Hall–Kier alpha value is -4.19. The topological polar surface area (TPSA) is 116 Å². The second kappa shape index (κ2) is 12.8. The van der Waals surface area contributed by atoms with Crippen molar-refractivity contribution in [3.63, 3.8) is 0 Å². The van der Waals surface area contributed by atoms with Crippen LogP contribution >= 0.6 is 11.5 Å². The molecule has 2 aliphatic rings. The standard InChI is InChI=1S/C33H35N7O3S/c1-21-14-23(25-18-37-44-20-25)16-35-30(21)29-15-24-17-36-33(39-31(24)40(32(29)41)19-22-8-12-42-13-9-22)38-26-2-4-27(5-3-26)43-28-6-10-34-11-7-28/h2-5,14-18,20,22,28,34H,6-13,19H2,1H3,(H,36,38,39). The molecule has 44 heavy (non-hydrogen) atoms. The number of rotatable bonds is 8. The number of aromatic nitrogens is 5. The van der Waals surface area contributed by atoms with Crippen LogP contribution in [0, 0.1) is 12.8 Å². The normalized spacial score (nSPS) is 16.3. The van der Waals surface area contributed by atoms with Gasteiger partial charge < -0.3 is 20.1 Å². The smallest absolute Gasteiger partial charge is 0.261 e. The summed E-state index contributed by atoms with van der Waals surface area (Å²) >= 11 is 1.40.